The van der Waals surface area contributed by atoms with Crippen LogP contribution in [-0.4, -0.2) is 40.1 Å². The van der Waals surface area contributed by atoms with Gasteiger partial charge >= 0.3 is 0 Å². The molecule has 7 heteroatoms. The summed E-state index contributed by atoms with van der Waals surface area (Å²) >= 11 is 0. The van der Waals surface area contributed by atoms with E-state index in [9.17, 15) is 4.79 Å². The molecular weight excluding hydrogens is 340 g/mol. The van der Waals surface area contributed by atoms with Gasteiger partial charge in [-0.05, 0) is 30.7 Å². The largest absolute Gasteiger partial charge is 0.341 e. The highest BCUT2D eigenvalue weighted by Gasteiger charge is 2.28. The third-order valence-corrected chi connectivity index (χ3v) is 4.49. The minimum atomic E-state index is -0.487. The second-order valence-corrected chi connectivity index (χ2v) is 6.52. The van der Waals surface area contributed by atoms with Crippen LogP contribution in [0.3, 0.4) is 0 Å². The fourth-order valence-electron chi connectivity index (χ4n) is 3.30. The van der Waals surface area contributed by atoms with Crippen LogP contribution in [0, 0.1) is 12.8 Å². The standard InChI is InChI=1S/C18H24N4O2.ClH/c1-13-20-17(21-24-13)11-15-8-5-9-22(12-15)18(23)16(19)10-14-6-3-2-4-7-14;/h2-4,6-7,15-16H,5,8-12,19H2,1H3;1H/t15?,16-;/m0./s1. The lowest BCUT2D eigenvalue weighted by atomic mass is 9.93. The predicted molar refractivity (Wildman–Crippen MR) is 97.4 cm³/mol. The molecule has 1 aromatic heterocycles. The van der Waals surface area contributed by atoms with E-state index in [1.165, 1.54) is 0 Å². The first-order chi connectivity index (χ1) is 11.6. The first-order valence-electron chi connectivity index (χ1n) is 8.49. The number of amides is 1. The molecule has 0 saturated carbocycles. The Kier molecular flexibility index (Phi) is 6.96. The number of hydrogen-bond donors (Lipinski definition) is 1. The Hall–Kier alpha value is -1.92. The number of nitrogens with two attached hydrogens (primary N) is 1. The Morgan fingerprint density at radius 1 is 1.40 bits per heavy atom. The summed E-state index contributed by atoms with van der Waals surface area (Å²) < 4.78 is 5.02. The van der Waals surface area contributed by atoms with Gasteiger partial charge in [-0.3, -0.25) is 4.79 Å². The van der Waals surface area contributed by atoms with Crippen LogP contribution in [0.15, 0.2) is 34.9 Å². The topological polar surface area (TPSA) is 85.2 Å². The van der Waals surface area contributed by atoms with Crippen LogP contribution in [-0.2, 0) is 17.6 Å². The lowest BCUT2D eigenvalue weighted by Crippen LogP contribution is -2.49. The number of rotatable bonds is 5. The van der Waals surface area contributed by atoms with Gasteiger partial charge in [-0.15, -0.1) is 12.4 Å². The predicted octanol–water partition coefficient (Wildman–Crippen LogP) is 2.15. The van der Waals surface area contributed by atoms with Crippen molar-refractivity contribution in [2.75, 3.05) is 13.1 Å². The maximum absolute atomic E-state index is 12.7. The van der Waals surface area contributed by atoms with Crippen molar-refractivity contribution in [2.24, 2.45) is 11.7 Å². The van der Waals surface area contributed by atoms with Gasteiger partial charge < -0.3 is 15.2 Å². The lowest BCUT2D eigenvalue weighted by Gasteiger charge is -2.34. The van der Waals surface area contributed by atoms with E-state index in [1.807, 2.05) is 35.2 Å². The number of aryl methyl sites for hydroxylation is 1. The number of aromatic nitrogens is 2. The van der Waals surface area contributed by atoms with E-state index < -0.39 is 6.04 Å². The second-order valence-electron chi connectivity index (χ2n) is 6.52. The molecule has 1 aromatic carbocycles. The summed E-state index contributed by atoms with van der Waals surface area (Å²) in [5, 5.41) is 3.96. The number of hydrogen-bond acceptors (Lipinski definition) is 5. The highest BCUT2D eigenvalue weighted by atomic mass is 35.5. The third kappa shape index (κ3) is 5.28. The van der Waals surface area contributed by atoms with Crippen LogP contribution in [0.2, 0.25) is 0 Å². The quantitative estimate of drug-likeness (QED) is 0.878. The molecule has 3 rings (SSSR count). The molecule has 1 unspecified atom stereocenters. The summed E-state index contributed by atoms with van der Waals surface area (Å²) in [6, 6.07) is 9.42. The molecule has 136 valence electrons. The minimum Gasteiger partial charge on any atom is -0.341 e. The van der Waals surface area contributed by atoms with Gasteiger partial charge in [0.15, 0.2) is 5.82 Å². The van der Waals surface area contributed by atoms with Crippen LogP contribution in [0.5, 0.6) is 0 Å². The van der Waals surface area contributed by atoms with Gasteiger partial charge in [0.25, 0.3) is 0 Å². The molecule has 0 aliphatic carbocycles. The molecular formula is C18H25ClN4O2. The molecule has 1 amide bonds. The Morgan fingerprint density at radius 2 is 2.16 bits per heavy atom. The SMILES string of the molecule is Cc1nc(CC2CCCN(C(=O)[C@@H](N)Cc3ccccc3)C2)no1.Cl. The molecule has 2 atom stereocenters. The third-order valence-electron chi connectivity index (χ3n) is 4.49. The number of carbonyl (C=O) groups is 1. The van der Waals surface area contributed by atoms with Crippen LogP contribution < -0.4 is 5.73 Å². The number of likely N-dealkylation sites (tertiary alicyclic amines) is 1. The zero-order valence-corrected chi connectivity index (χ0v) is 15.2. The Morgan fingerprint density at radius 3 is 2.84 bits per heavy atom. The number of nitrogens with zero attached hydrogens (tertiary/aromatic N) is 3. The molecule has 2 N–H and O–H groups in total. The summed E-state index contributed by atoms with van der Waals surface area (Å²) in [5.74, 6) is 1.70. The molecule has 0 spiro atoms. The average molecular weight is 365 g/mol. The molecule has 25 heavy (non-hydrogen) atoms. The second kappa shape index (κ2) is 8.97. The molecule has 1 fully saturated rings. The van der Waals surface area contributed by atoms with Crippen LogP contribution in [0.25, 0.3) is 0 Å². The monoisotopic (exact) mass is 364 g/mol. The van der Waals surface area contributed by atoms with Crippen molar-refractivity contribution in [1.29, 1.82) is 0 Å². The van der Waals surface area contributed by atoms with Gasteiger partial charge in [-0.2, -0.15) is 4.98 Å². The Bertz CT molecular complexity index is 677. The fraction of sp³-hybridized carbons (Fsp3) is 0.500. The fourth-order valence-corrected chi connectivity index (χ4v) is 3.30. The van der Waals surface area contributed by atoms with Crippen LogP contribution in [0.1, 0.15) is 30.1 Å². The van der Waals surface area contributed by atoms with Crippen molar-refractivity contribution in [3.63, 3.8) is 0 Å². The van der Waals surface area contributed by atoms with Gasteiger partial charge in [0.2, 0.25) is 11.8 Å². The normalized spacial score (nSPS) is 18.5. The van der Waals surface area contributed by atoms with Gasteiger partial charge in [0, 0.05) is 26.4 Å². The highest BCUT2D eigenvalue weighted by molar-refractivity contribution is 5.85. The molecule has 0 bridgehead atoms. The number of carbonyl (C=O) groups excluding carboxylic acids is 1. The summed E-state index contributed by atoms with van der Waals surface area (Å²) in [6.07, 6.45) is 3.39. The zero-order valence-electron chi connectivity index (χ0n) is 14.4. The van der Waals surface area contributed by atoms with Gasteiger partial charge in [-0.1, -0.05) is 35.5 Å². The molecule has 2 aromatic rings. The van der Waals surface area contributed by atoms with E-state index in [0.29, 0.717) is 18.2 Å². The van der Waals surface area contributed by atoms with E-state index >= 15 is 0 Å². The zero-order chi connectivity index (χ0) is 16.9. The van der Waals surface area contributed by atoms with Gasteiger partial charge in [-0.25, -0.2) is 0 Å². The molecule has 0 radical (unpaired) electrons. The van der Waals surface area contributed by atoms with E-state index in [-0.39, 0.29) is 18.3 Å². The first kappa shape index (κ1) is 19.4. The first-order valence-corrected chi connectivity index (χ1v) is 8.49. The van der Waals surface area contributed by atoms with E-state index in [2.05, 4.69) is 10.1 Å². The average Bonchev–Trinajstić information content (AvgIpc) is 3.00. The van der Waals surface area contributed by atoms with Crippen molar-refractivity contribution in [3.8, 4) is 0 Å². The maximum atomic E-state index is 12.7. The number of halogens is 1. The van der Waals surface area contributed by atoms with Crippen molar-refractivity contribution < 1.29 is 9.32 Å². The number of piperidine rings is 1. The van der Waals surface area contributed by atoms with Gasteiger partial charge in [0.05, 0.1) is 6.04 Å². The van der Waals surface area contributed by atoms with Crippen LogP contribution >= 0.6 is 12.4 Å². The summed E-state index contributed by atoms with van der Waals surface area (Å²) in [7, 11) is 0. The number of benzene rings is 1. The summed E-state index contributed by atoms with van der Waals surface area (Å²) in [6.45, 7) is 3.29. The molecule has 1 aliphatic heterocycles. The molecule has 2 heterocycles. The van der Waals surface area contributed by atoms with Crippen molar-refractivity contribution in [1.82, 2.24) is 15.0 Å². The maximum Gasteiger partial charge on any atom is 0.239 e. The molecule has 1 aliphatic rings. The Balaban J connectivity index is 0.00000225. The summed E-state index contributed by atoms with van der Waals surface area (Å²) in [5.41, 5.74) is 7.24. The smallest absolute Gasteiger partial charge is 0.239 e. The van der Waals surface area contributed by atoms with E-state index in [1.54, 1.807) is 6.92 Å². The molecule has 6 nitrogen and oxygen atoms in total. The lowest BCUT2D eigenvalue weighted by molar-refractivity contribution is -0.134. The molecule has 1 saturated heterocycles. The van der Waals surface area contributed by atoms with Crippen molar-refractivity contribution >= 4 is 18.3 Å². The summed E-state index contributed by atoms with van der Waals surface area (Å²) in [4.78, 5) is 18.8. The van der Waals surface area contributed by atoms with Crippen LogP contribution in [0.4, 0.5) is 0 Å². The minimum absolute atomic E-state index is 0. The van der Waals surface area contributed by atoms with E-state index in [0.717, 1.165) is 43.7 Å². The van der Waals surface area contributed by atoms with E-state index in [4.69, 9.17) is 10.3 Å². The van der Waals surface area contributed by atoms with Crippen molar-refractivity contribution in [3.05, 3.63) is 47.6 Å². The van der Waals surface area contributed by atoms with Gasteiger partial charge in [0.1, 0.15) is 0 Å². The Labute approximate surface area is 154 Å². The highest BCUT2D eigenvalue weighted by Crippen LogP contribution is 2.20. The van der Waals surface area contributed by atoms with Crippen molar-refractivity contribution in [2.45, 2.75) is 38.6 Å².